The maximum Gasteiger partial charge on any atom is 0.164 e. The molecule has 8 nitrogen and oxygen atoms in total. The van der Waals surface area contributed by atoms with E-state index in [1.165, 1.54) is 6.33 Å². The van der Waals surface area contributed by atoms with Gasteiger partial charge < -0.3 is 16.4 Å². The Labute approximate surface area is 151 Å². The fourth-order valence-corrected chi connectivity index (χ4v) is 3.18. The normalized spacial score (nSPS) is 17.2. The van der Waals surface area contributed by atoms with Crippen molar-refractivity contribution in [3.05, 3.63) is 24.7 Å². The van der Waals surface area contributed by atoms with Crippen LogP contribution in [0.5, 0.6) is 0 Å². The van der Waals surface area contributed by atoms with Crippen LogP contribution in [0.15, 0.2) is 24.7 Å². The van der Waals surface area contributed by atoms with Crippen molar-refractivity contribution in [3.8, 4) is 11.3 Å². The van der Waals surface area contributed by atoms with E-state index in [0.29, 0.717) is 5.82 Å². The van der Waals surface area contributed by atoms with Crippen LogP contribution in [-0.2, 0) is 0 Å². The van der Waals surface area contributed by atoms with Gasteiger partial charge in [-0.15, -0.1) is 12.4 Å². The number of halogens is 1. The van der Waals surface area contributed by atoms with Crippen molar-refractivity contribution in [2.45, 2.75) is 18.9 Å². The predicted octanol–water partition coefficient (Wildman–Crippen LogP) is 1.86. The molecule has 25 heavy (non-hydrogen) atoms. The van der Waals surface area contributed by atoms with Crippen LogP contribution < -0.4 is 16.4 Å². The van der Waals surface area contributed by atoms with Gasteiger partial charge in [0.1, 0.15) is 23.7 Å². The van der Waals surface area contributed by atoms with Crippen molar-refractivity contribution in [3.63, 3.8) is 0 Å². The number of nitrogens with zero attached hydrogens (tertiary/aromatic N) is 5. The summed E-state index contributed by atoms with van der Waals surface area (Å²) in [6.07, 6.45) is 5.49. The van der Waals surface area contributed by atoms with Crippen LogP contribution in [0.2, 0.25) is 0 Å². The van der Waals surface area contributed by atoms with Gasteiger partial charge in [-0.25, -0.2) is 19.6 Å². The molecule has 1 atom stereocenters. The van der Waals surface area contributed by atoms with Gasteiger partial charge in [-0.1, -0.05) is 0 Å². The van der Waals surface area contributed by atoms with Gasteiger partial charge in [0.15, 0.2) is 5.65 Å². The first-order chi connectivity index (χ1) is 11.8. The molecule has 132 valence electrons. The van der Waals surface area contributed by atoms with Crippen LogP contribution in [0.4, 0.5) is 11.6 Å². The van der Waals surface area contributed by atoms with E-state index in [1.807, 2.05) is 23.9 Å². The van der Waals surface area contributed by atoms with Crippen LogP contribution in [0, 0.1) is 0 Å². The highest BCUT2D eigenvalue weighted by molar-refractivity contribution is 5.98. The van der Waals surface area contributed by atoms with Crippen LogP contribution in [-0.4, -0.2) is 44.9 Å². The van der Waals surface area contributed by atoms with Crippen molar-refractivity contribution in [1.82, 2.24) is 30.0 Å². The zero-order chi connectivity index (χ0) is 16.5. The van der Waals surface area contributed by atoms with E-state index in [9.17, 15) is 0 Å². The highest BCUT2D eigenvalue weighted by Gasteiger charge is 2.23. The van der Waals surface area contributed by atoms with E-state index in [1.54, 1.807) is 6.20 Å². The number of hydrogen-bond acceptors (Lipinski definition) is 7. The van der Waals surface area contributed by atoms with E-state index in [4.69, 9.17) is 10.8 Å². The van der Waals surface area contributed by atoms with Gasteiger partial charge in [-0.05, 0) is 31.5 Å². The summed E-state index contributed by atoms with van der Waals surface area (Å²) < 4.78 is 1.99. The minimum Gasteiger partial charge on any atom is -0.383 e. The van der Waals surface area contributed by atoms with Crippen molar-refractivity contribution < 1.29 is 0 Å². The molecule has 0 spiro atoms. The monoisotopic (exact) mass is 360 g/mol. The molecule has 1 saturated heterocycles. The lowest BCUT2D eigenvalue weighted by Gasteiger charge is -2.23. The van der Waals surface area contributed by atoms with Gasteiger partial charge >= 0.3 is 0 Å². The van der Waals surface area contributed by atoms with Crippen LogP contribution in [0.3, 0.4) is 0 Å². The molecule has 0 radical (unpaired) electrons. The maximum absolute atomic E-state index is 6.14. The first-order valence-corrected chi connectivity index (χ1v) is 8.11. The number of nitrogens with one attached hydrogen (secondary N) is 2. The summed E-state index contributed by atoms with van der Waals surface area (Å²) in [4.78, 5) is 13.0. The van der Waals surface area contributed by atoms with E-state index in [-0.39, 0.29) is 18.4 Å². The summed E-state index contributed by atoms with van der Waals surface area (Å²) in [5.74, 6) is 1.26. The van der Waals surface area contributed by atoms with Crippen molar-refractivity contribution >= 4 is 35.1 Å². The molecule has 0 amide bonds. The number of hydrogen-bond donors (Lipinski definition) is 3. The average Bonchev–Trinajstić information content (AvgIpc) is 3.04. The number of pyridine rings is 1. The van der Waals surface area contributed by atoms with Crippen molar-refractivity contribution in [2.75, 3.05) is 31.2 Å². The molecule has 4 rings (SSSR count). The number of rotatable bonds is 3. The van der Waals surface area contributed by atoms with Gasteiger partial charge in [0.2, 0.25) is 0 Å². The quantitative estimate of drug-likeness (QED) is 0.654. The summed E-state index contributed by atoms with van der Waals surface area (Å²) in [6.45, 7) is 1.94. The second-order valence-electron chi connectivity index (χ2n) is 5.93. The van der Waals surface area contributed by atoms with E-state index in [2.05, 4.69) is 25.6 Å². The maximum atomic E-state index is 6.14. The Hall–Kier alpha value is -2.45. The fourth-order valence-electron chi connectivity index (χ4n) is 3.18. The molecule has 0 aliphatic carbocycles. The highest BCUT2D eigenvalue weighted by Crippen LogP contribution is 2.32. The molecule has 1 fully saturated rings. The lowest BCUT2D eigenvalue weighted by Crippen LogP contribution is -2.32. The van der Waals surface area contributed by atoms with Crippen molar-refractivity contribution in [1.29, 1.82) is 0 Å². The largest absolute Gasteiger partial charge is 0.383 e. The number of anilines is 2. The number of fused-ring (bicyclic) bond motifs is 1. The van der Waals surface area contributed by atoms with Gasteiger partial charge in [-0.3, -0.25) is 0 Å². The number of nitrogens with two attached hydrogens (primary N) is 1. The molecule has 3 aromatic heterocycles. The third-order valence-corrected chi connectivity index (χ3v) is 4.43. The third-order valence-electron chi connectivity index (χ3n) is 4.43. The Morgan fingerprint density at radius 1 is 1.28 bits per heavy atom. The standard InChI is InChI=1S/C16H20N8.ClH/c1-18-12-5-4-10(7-20-12)14-13-15(17)21-9-22-16(13)24(23-14)11-3-2-6-19-8-11;/h4-5,7,9,11,19H,2-3,6,8H2,1H3,(H,18,20)(H2,17,21,22);1H/t11-;/m1./s1. The molecule has 4 N–H and O–H groups in total. The van der Waals surface area contributed by atoms with Crippen LogP contribution in [0.1, 0.15) is 18.9 Å². The molecule has 9 heteroatoms. The molecule has 4 heterocycles. The smallest absolute Gasteiger partial charge is 0.164 e. The van der Waals surface area contributed by atoms with Gasteiger partial charge in [0.25, 0.3) is 0 Å². The summed E-state index contributed by atoms with van der Waals surface area (Å²) in [5.41, 5.74) is 8.61. The first kappa shape index (κ1) is 17.4. The Kier molecular flexibility index (Phi) is 5.00. The second-order valence-corrected chi connectivity index (χ2v) is 5.93. The number of nitrogen functional groups attached to an aromatic ring is 1. The molecule has 0 unspecified atom stereocenters. The molecule has 0 bridgehead atoms. The molecular formula is C16H21ClN8. The molecule has 3 aromatic rings. The van der Waals surface area contributed by atoms with Crippen molar-refractivity contribution in [2.24, 2.45) is 0 Å². The molecule has 0 aromatic carbocycles. The number of aromatic nitrogens is 5. The zero-order valence-electron chi connectivity index (χ0n) is 13.9. The minimum atomic E-state index is 0. The zero-order valence-corrected chi connectivity index (χ0v) is 14.8. The van der Waals surface area contributed by atoms with Gasteiger partial charge in [-0.2, -0.15) is 5.10 Å². The predicted molar refractivity (Wildman–Crippen MR) is 101 cm³/mol. The summed E-state index contributed by atoms with van der Waals surface area (Å²) in [5, 5.41) is 12.1. The fraction of sp³-hybridized carbons (Fsp3) is 0.375. The lowest BCUT2D eigenvalue weighted by molar-refractivity contribution is 0.354. The Morgan fingerprint density at radius 2 is 2.16 bits per heavy atom. The Balaban J connectivity index is 0.00000182. The second kappa shape index (κ2) is 7.20. The average molecular weight is 361 g/mol. The molecular weight excluding hydrogens is 340 g/mol. The number of piperidine rings is 1. The topological polar surface area (TPSA) is 107 Å². The Bertz CT molecular complexity index is 854. The highest BCUT2D eigenvalue weighted by atomic mass is 35.5. The third kappa shape index (κ3) is 3.10. The summed E-state index contributed by atoms with van der Waals surface area (Å²) >= 11 is 0. The van der Waals surface area contributed by atoms with Crippen LogP contribution in [0.25, 0.3) is 22.3 Å². The van der Waals surface area contributed by atoms with Crippen LogP contribution >= 0.6 is 12.4 Å². The van der Waals surface area contributed by atoms with E-state index in [0.717, 1.165) is 54.0 Å². The van der Waals surface area contributed by atoms with E-state index < -0.39 is 0 Å². The van der Waals surface area contributed by atoms with Gasteiger partial charge in [0.05, 0.1) is 11.4 Å². The lowest BCUT2D eigenvalue weighted by atomic mass is 10.1. The summed E-state index contributed by atoms with van der Waals surface area (Å²) in [6, 6.07) is 4.17. The summed E-state index contributed by atoms with van der Waals surface area (Å²) in [7, 11) is 1.84. The van der Waals surface area contributed by atoms with E-state index >= 15 is 0 Å². The molecule has 0 saturated carbocycles. The SMILES string of the molecule is CNc1ccc(-c2nn([C@@H]3CCCNC3)c3ncnc(N)c23)cn1.Cl. The Morgan fingerprint density at radius 3 is 2.84 bits per heavy atom. The molecule has 1 aliphatic heterocycles. The first-order valence-electron chi connectivity index (χ1n) is 8.11. The minimum absolute atomic E-state index is 0. The van der Waals surface area contributed by atoms with Gasteiger partial charge in [0, 0.05) is 25.4 Å². The molecule has 1 aliphatic rings.